The van der Waals surface area contributed by atoms with Crippen molar-refractivity contribution in [1.29, 1.82) is 0 Å². The number of hydroxylamine groups is 1. The monoisotopic (exact) mass is 324 g/mol. The Bertz CT molecular complexity index is 710. The number of amides is 1. The van der Waals surface area contributed by atoms with E-state index in [1.807, 2.05) is 24.3 Å². The van der Waals surface area contributed by atoms with Crippen molar-refractivity contribution in [2.24, 2.45) is 0 Å². The molecule has 1 aliphatic rings. The number of aromatic nitrogens is 2. The lowest BCUT2D eigenvalue weighted by atomic mass is 10.0. The molecule has 1 atom stereocenters. The van der Waals surface area contributed by atoms with Crippen molar-refractivity contribution in [3.63, 3.8) is 0 Å². The second kappa shape index (κ2) is 5.48. The van der Waals surface area contributed by atoms with Gasteiger partial charge in [-0.05, 0) is 23.2 Å². The van der Waals surface area contributed by atoms with Crippen LogP contribution in [-0.2, 0) is 4.79 Å². The fourth-order valence-electron chi connectivity index (χ4n) is 2.44. The third-order valence-electron chi connectivity index (χ3n) is 3.35. The highest BCUT2D eigenvalue weighted by Gasteiger charge is 2.35. The Kier molecular flexibility index (Phi) is 3.67. The highest BCUT2D eigenvalue weighted by atomic mass is 35.5. The molecule has 0 spiro atoms. The first-order chi connectivity index (χ1) is 10.1. The van der Waals surface area contributed by atoms with Gasteiger partial charge in [0, 0.05) is 12.2 Å². The van der Waals surface area contributed by atoms with E-state index in [4.69, 9.17) is 28.4 Å². The third kappa shape index (κ3) is 2.42. The summed E-state index contributed by atoms with van der Waals surface area (Å²) in [7, 11) is 0. The van der Waals surface area contributed by atoms with Gasteiger partial charge in [0.15, 0.2) is 5.82 Å². The number of anilines is 2. The molecule has 2 aromatic rings. The Hall–Kier alpha value is -1.89. The number of para-hydroxylation sites is 1. The zero-order chi connectivity index (χ0) is 15.0. The lowest BCUT2D eigenvalue weighted by Gasteiger charge is -2.19. The molecule has 108 valence electrons. The largest absolute Gasteiger partial charge is 0.324 e. The number of rotatable bonds is 2. The lowest BCUT2D eigenvalue weighted by Crippen LogP contribution is -2.29. The molecule has 3 rings (SSSR count). The van der Waals surface area contributed by atoms with Gasteiger partial charge in [-0.1, -0.05) is 29.8 Å². The van der Waals surface area contributed by atoms with Crippen LogP contribution in [0.4, 0.5) is 11.5 Å². The quantitative estimate of drug-likeness (QED) is 0.504. The maximum atomic E-state index is 11.8. The molecule has 0 bridgehead atoms. The van der Waals surface area contributed by atoms with Crippen molar-refractivity contribution in [3.05, 3.63) is 46.3 Å². The second-order valence-electron chi connectivity index (χ2n) is 4.51. The average molecular weight is 325 g/mol. The molecule has 1 aliphatic heterocycles. The molecular weight excluding hydrogens is 315 g/mol. The number of nitrogens with zero attached hydrogens (tertiary/aromatic N) is 3. The number of hydrogen-bond acceptors (Lipinski definition) is 5. The van der Waals surface area contributed by atoms with Crippen LogP contribution >= 0.6 is 23.2 Å². The van der Waals surface area contributed by atoms with Gasteiger partial charge in [-0.15, -0.1) is 0 Å². The maximum Gasteiger partial charge on any atom is 0.252 e. The predicted octanol–water partition coefficient (Wildman–Crippen LogP) is 2.52. The number of nitrogens with one attached hydrogen (secondary N) is 1. The summed E-state index contributed by atoms with van der Waals surface area (Å²) in [5.74, 6) is -0.574. The first-order valence-electron chi connectivity index (χ1n) is 6.10. The summed E-state index contributed by atoms with van der Waals surface area (Å²) in [6.07, 6.45) is 1.41. The van der Waals surface area contributed by atoms with E-state index in [0.717, 1.165) is 11.3 Å². The zero-order valence-electron chi connectivity index (χ0n) is 10.6. The van der Waals surface area contributed by atoms with Crippen LogP contribution in [0.3, 0.4) is 0 Å². The highest BCUT2D eigenvalue weighted by Crippen LogP contribution is 2.42. The van der Waals surface area contributed by atoms with Gasteiger partial charge in [-0.25, -0.2) is 10.5 Å². The highest BCUT2D eigenvalue weighted by molar-refractivity contribution is 6.33. The molecule has 8 heteroatoms. The van der Waals surface area contributed by atoms with Crippen molar-refractivity contribution in [1.82, 2.24) is 15.4 Å². The molecule has 1 unspecified atom stereocenters. The molecule has 2 N–H and O–H groups in total. The van der Waals surface area contributed by atoms with Gasteiger partial charge in [0.2, 0.25) is 5.28 Å². The van der Waals surface area contributed by atoms with E-state index >= 15 is 0 Å². The molecule has 1 aromatic heterocycles. The fourth-order valence-corrected chi connectivity index (χ4v) is 2.76. The molecule has 2 heterocycles. The smallest absolute Gasteiger partial charge is 0.252 e. The van der Waals surface area contributed by atoms with Crippen LogP contribution in [0.1, 0.15) is 11.5 Å². The van der Waals surface area contributed by atoms with Crippen molar-refractivity contribution in [3.8, 4) is 0 Å². The van der Waals surface area contributed by atoms with E-state index in [-0.39, 0.29) is 5.28 Å². The van der Waals surface area contributed by atoms with Gasteiger partial charge >= 0.3 is 0 Å². The van der Waals surface area contributed by atoms with Crippen molar-refractivity contribution < 1.29 is 10.0 Å². The summed E-state index contributed by atoms with van der Waals surface area (Å²) in [5.41, 5.74) is 3.27. The van der Waals surface area contributed by atoms with Gasteiger partial charge in [-0.3, -0.25) is 10.0 Å². The molecular formula is C13H10Cl2N4O2. The minimum absolute atomic E-state index is 0.0712. The van der Waals surface area contributed by atoms with Crippen LogP contribution in [0.25, 0.3) is 0 Å². The Morgan fingerprint density at radius 3 is 2.90 bits per heavy atom. The van der Waals surface area contributed by atoms with Crippen molar-refractivity contribution >= 4 is 40.6 Å². The predicted molar refractivity (Wildman–Crippen MR) is 78.2 cm³/mol. The summed E-state index contributed by atoms with van der Waals surface area (Å²) >= 11 is 12.0. The van der Waals surface area contributed by atoms with Crippen LogP contribution < -0.4 is 10.4 Å². The van der Waals surface area contributed by atoms with Gasteiger partial charge in [-0.2, -0.15) is 4.98 Å². The van der Waals surface area contributed by atoms with Gasteiger partial charge < -0.3 is 4.90 Å². The van der Waals surface area contributed by atoms with E-state index in [0.29, 0.717) is 17.4 Å². The minimum Gasteiger partial charge on any atom is -0.324 e. The van der Waals surface area contributed by atoms with E-state index in [9.17, 15) is 4.79 Å². The number of fused-ring (bicyclic) bond motifs is 1. The summed E-state index contributed by atoms with van der Waals surface area (Å²) in [6.45, 7) is 0.304. The molecule has 0 radical (unpaired) electrons. The minimum atomic E-state index is -0.518. The van der Waals surface area contributed by atoms with Gasteiger partial charge in [0.05, 0.1) is 12.1 Å². The lowest BCUT2D eigenvalue weighted by molar-refractivity contribution is -0.130. The van der Waals surface area contributed by atoms with Gasteiger partial charge in [0.1, 0.15) is 5.02 Å². The Labute approximate surface area is 130 Å². The molecule has 1 amide bonds. The van der Waals surface area contributed by atoms with Crippen LogP contribution in [0.2, 0.25) is 10.3 Å². The molecule has 0 saturated heterocycles. The van der Waals surface area contributed by atoms with Crippen LogP contribution in [0.15, 0.2) is 30.5 Å². The SMILES string of the molecule is O=C(NO)C1CN(c2nc(Cl)ncc2Cl)c2ccccc21. The van der Waals surface area contributed by atoms with E-state index < -0.39 is 11.8 Å². The molecule has 0 saturated carbocycles. The standard InChI is InChI=1S/C13H10Cl2N4O2/c14-9-5-16-13(15)17-11(9)19-6-8(12(20)18-21)7-3-1-2-4-10(7)19/h1-5,8,21H,6H2,(H,18,20). The van der Waals surface area contributed by atoms with Crippen LogP contribution in [0, 0.1) is 0 Å². The number of hydrogen-bond donors (Lipinski definition) is 2. The molecule has 0 aliphatic carbocycles. The van der Waals surface area contributed by atoms with Crippen LogP contribution in [-0.4, -0.2) is 27.6 Å². The summed E-state index contributed by atoms with van der Waals surface area (Å²) < 4.78 is 0. The number of halogens is 2. The summed E-state index contributed by atoms with van der Waals surface area (Å²) in [5, 5.41) is 9.29. The first kappa shape index (κ1) is 14.1. The summed E-state index contributed by atoms with van der Waals surface area (Å²) in [6, 6.07) is 7.36. The normalized spacial score (nSPS) is 16.7. The Morgan fingerprint density at radius 2 is 2.14 bits per heavy atom. The van der Waals surface area contributed by atoms with E-state index in [1.54, 1.807) is 10.4 Å². The average Bonchev–Trinajstić information content (AvgIpc) is 2.88. The van der Waals surface area contributed by atoms with Crippen molar-refractivity contribution in [2.75, 3.05) is 11.4 Å². The van der Waals surface area contributed by atoms with Crippen LogP contribution in [0.5, 0.6) is 0 Å². The Balaban J connectivity index is 2.09. The number of carbonyl (C=O) groups excluding carboxylic acids is 1. The number of carbonyl (C=O) groups is 1. The molecule has 0 fully saturated rings. The topological polar surface area (TPSA) is 78.4 Å². The Morgan fingerprint density at radius 1 is 1.38 bits per heavy atom. The zero-order valence-corrected chi connectivity index (χ0v) is 12.1. The second-order valence-corrected chi connectivity index (χ2v) is 5.25. The van der Waals surface area contributed by atoms with Gasteiger partial charge in [0.25, 0.3) is 5.91 Å². The first-order valence-corrected chi connectivity index (χ1v) is 6.86. The third-order valence-corrected chi connectivity index (χ3v) is 3.80. The fraction of sp³-hybridized carbons (Fsp3) is 0.154. The summed E-state index contributed by atoms with van der Waals surface area (Å²) in [4.78, 5) is 21.5. The number of benzene rings is 1. The van der Waals surface area contributed by atoms with E-state index in [1.165, 1.54) is 6.20 Å². The molecule has 21 heavy (non-hydrogen) atoms. The molecule has 1 aromatic carbocycles. The molecule has 6 nitrogen and oxygen atoms in total. The van der Waals surface area contributed by atoms with Crippen molar-refractivity contribution in [2.45, 2.75) is 5.92 Å². The maximum absolute atomic E-state index is 11.8. The van der Waals surface area contributed by atoms with E-state index in [2.05, 4.69) is 9.97 Å².